The lowest BCUT2D eigenvalue weighted by atomic mass is 10.1. The van der Waals surface area contributed by atoms with Crippen molar-refractivity contribution >= 4 is 11.4 Å². The summed E-state index contributed by atoms with van der Waals surface area (Å²) in [7, 11) is 0. The van der Waals surface area contributed by atoms with E-state index in [2.05, 4.69) is 5.32 Å². The number of nitrogens with one attached hydrogen (secondary N) is 1. The van der Waals surface area contributed by atoms with Crippen molar-refractivity contribution < 1.29 is 13.7 Å². The number of hydrogen-bond donors (Lipinski definition) is 1. The van der Waals surface area contributed by atoms with Gasteiger partial charge >= 0.3 is 0 Å². The molecule has 2 aromatic rings. The lowest BCUT2D eigenvalue weighted by Crippen LogP contribution is -2.03. The highest BCUT2D eigenvalue weighted by Gasteiger charge is 2.11. The maximum absolute atomic E-state index is 13.0. The van der Waals surface area contributed by atoms with Gasteiger partial charge in [0.15, 0.2) is 0 Å². The van der Waals surface area contributed by atoms with Gasteiger partial charge in [-0.25, -0.2) is 8.78 Å². The van der Waals surface area contributed by atoms with E-state index in [1.807, 2.05) is 0 Å². The Labute approximate surface area is 107 Å². The van der Waals surface area contributed by atoms with Crippen molar-refractivity contribution in [2.24, 2.45) is 0 Å². The van der Waals surface area contributed by atoms with Gasteiger partial charge in [0.05, 0.1) is 4.92 Å². The Morgan fingerprint density at radius 1 is 1.11 bits per heavy atom. The lowest BCUT2D eigenvalue weighted by molar-refractivity contribution is -0.385. The number of nitro benzene ring substituents is 1. The largest absolute Gasteiger partial charge is 0.381 e. The summed E-state index contributed by atoms with van der Waals surface area (Å²) in [5, 5.41) is 13.6. The van der Waals surface area contributed by atoms with E-state index < -0.39 is 16.6 Å². The molecule has 19 heavy (non-hydrogen) atoms. The molecule has 0 amide bonds. The van der Waals surface area contributed by atoms with Crippen molar-refractivity contribution in [1.82, 2.24) is 0 Å². The number of halogens is 2. The molecule has 0 spiro atoms. The summed E-state index contributed by atoms with van der Waals surface area (Å²) in [4.78, 5) is 10.3. The third kappa shape index (κ3) is 3.25. The smallest absolute Gasteiger partial charge is 0.274 e. The Hall–Kier alpha value is -2.50. The molecule has 0 aliphatic heterocycles. The van der Waals surface area contributed by atoms with Gasteiger partial charge in [0.25, 0.3) is 5.69 Å². The molecule has 4 nitrogen and oxygen atoms in total. The molecule has 0 saturated heterocycles. The van der Waals surface area contributed by atoms with Crippen molar-refractivity contribution in [2.45, 2.75) is 6.54 Å². The van der Waals surface area contributed by atoms with Crippen molar-refractivity contribution in [2.75, 3.05) is 5.32 Å². The minimum absolute atomic E-state index is 0.0353. The highest BCUT2D eigenvalue weighted by Crippen LogP contribution is 2.20. The van der Waals surface area contributed by atoms with E-state index in [1.165, 1.54) is 6.07 Å². The molecule has 0 saturated carbocycles. The summed E-state index contributed by atoms with van der Waals surface area (Å²) in [6, 6.07) is 9.19. The summed E-state index contributed by atoms with van der Waals surface area (Å²) in [5.41, 5.74) is 0.639. The Kier molecular flexibility index (Phi) is 3.70. The minimum atomic E-state index is -0.704. The Balaban J connectivity index is 2.16. The average molecular weight is 264 g/mol. The summed E-state index contributed by atoms with van der Waals surface area (Å²) in [5.74, 6) is -1.41. The second kappa shape index (κ2) is 5.43. The molecule has 0 unspecified atom stereocenters. The van der Waals surface area contributed by atoms with Crippen molar-refractivity contribution in [1.29, 1.82) is 0 Å². The predicted molar refractivity (Wildman–Crippen MR) is 66.8 cm³/mol. The van der Waals surface area contributed by atoms with Crippen LogP contribution in [0.3, 0.4) is 0 Å². The van der Waals surface area contributed by atoms with Crippen molar-refractivity contribution in [3.63, 3.8) is 0 Å². The Morgan fingerprint density at radius 2 is 1.74 bits per heavy atom. The SMILES string of the molecule is O=[N+]([O-])c1ccccc1CNc1cc(F)cc(F)c1. The number of benzene rings is 2. The van der Waals surface area contributed by atoms with E-state index >= 15 is 0 Å². The molecule has 6 heteroatoms. The maximum Gasteiger partial charge on any atom is 0.274 e. The number of nitrogens with zero attached hydrogens (tertiary/aromatic N) is 1. The van der Waals surface area contributed by atoms with Crippen molar-refractivity contribution in [3.05, 3.63) is 69.8 Å². The molecule has 0 atom stereocenters. The number of hydrogen-bond acceptors (Lipinski definition) is 3. The molecule has 0 aliphatic carbocycles. The van der Waals surface area contributed by atoms with Crippen LogP contribution < -0.4 is 5.32 Å². The molecule has 0 bridgehead atoms. The molecule has 2 aromatic carbocycles. The van der Waals surface area contributed by atoms with Gasteiger partial charge in [-0.15, -0.1) is 0 Å². The highest BCUT2D eigenvalue weighted by atomic mass is 19.1. The summed E-state index contributed by atoms with van der Waals surface area (Å²) in [6.07, 6.45) is 0. The van der Waals surface area contributed by atoms with Crippen LogP contribution >= 0.6 is 0 Å². The van der Waals surface area contributed by atoms with Gasteiger partial charge in [0.2, 0.25) is 0 Å². The topological polar surface area (TPSA) is 55.2 Å². The van der Waals surface area contributed by atoms with Crippen LogP contribution in [0.1, 0.15) is 5.56 Å². The van der Waals surface area contributed by atoms with Crippen LogP contribution in [0.15, 0.2) is 42.5 Å². The zero-order valence-corrected chi connectivity index (χ0v) is 9.77. The summed E-state index contributed by atoms with van der Waals surface area (Å²) in [6.45, 7) is 0.111. The quantitative estimate of drug-likeness (QED) is 0.679. The zero-order valence-electron chi connectivity index (χ0n) is 9.77. The number of rotatable bonds is 4. The molecule has 2 rings (SSSR count). The Morgan fingerprint density at radius 3 is 2.37 bits per heavy atom. The fourth-order valence-electron chi connectivity index (χ4n) is 1.69. The molecule has 0 aromatic heterocycles. The minimum Gasteiger partial charge on any atom is -0.381 e. The fraction of sp³-hybridized carbons (Fsp3) is 0.0769. The second-order valence-electron chi connectivity index (χ2n) is 3.90. The third-order valence-corrected chi connectivity index (χ3v) is 2.53. The molecule has 98 valence electrons. The zero-order chi connectivity index (χ0) is 13.8. The van der Waals surface area contributed by atoms with Gasteiger partial charge in [-0.05, 0) is 12.1 Å². The number of para-hydroxylation sites is 1. The summed E-state index contributed by atoms with van der Waals surface area (Å²) < 4.78 is 25.9. The average Bonchev–Trinajstić information content (AvgIpc) is 2.35. The first-order chi connectivity index (χ1) is 9.06. The van der Waals surface area contributed by atoms with E-state index in [1.54, 1.807) is 18.2 Å². The first-order valence-corrected chi connectivity index (χ1v) is 5.48. The van der Waals surface area contributed by atoms with E-state index in [4.69, 9.17) is 0 Å². The monoisotopic (exact) mass is 264 g/mol. The molecule has 0 aliphatic rings. The first-order valence-electron chi connectivity index (χ1n) is 5.48. The maximum atomic E-state index is 13.0. The van der Waals surface area contributed by atoms with Crippen molar-refractivity contribution in [3.8, 4) is 0 Å². The predicted octanol–water partition coefficient (Wildman–Crippen LogP) is 3.49. The van der Waals surface area contributed by atoms with E-state index in [9.17, 15) is 18.9 Å². The molecule has 0 radical (unpaired) electrons. The number of anilines is 1. The molecule has 0 heterocycles. The third-order valence-electron chi connectivity index (χ3n) is 2.53. The van der Waals surface area contributed by atoms with Gasteiger partial charge in [-0.1, -0.05) is 18.2 Å². The molecule has 0 fully saturated rings. The number of nitro groups is 1. The summed E-state index contributed by atoms with van der Waals surface area (Å²) >= 11 is 0. The molecular weight excluding hydrogens is 254 g/mol. The highest BCUT2D eigenvalue weighted by molar-refractivity contribution is 5.47. The van der Waals surface area contributed by atoms with Crippen LogP contribution in [0, 0.1) is 21.7 Å². The van der Waals surface area contributed by atoms with Crippen LogP contribution in [-0.2, 0) is 6.54 Å². The standard InChI is InChI=1S/C13H10F2N2O2/c14-10-5-11(15)7-12(6-10)16-8-9-3-1-2-4-13(9)17(18)19/h1-7,16H,8H2. The van der Waals surface area contributed by atoms with Crippen LogP contribution in [0.25, 0.3) is 0 Å². The van der Waals surface area contributed by atoms with Crippen LogP contribution in [-0.4, -0.2) is 4.92 Å². The lowest BCUT2D eigenvalue weighted by Gasteiger charge is -2.07. The van der Waals surface area contributed by atoms with Gasteiger partial charge in [0.1, 0.15) is 11.6 Å². The van der Waals surface area contributed by atoms with E-state index in [0.29, 0.717) is 5.56 Å². The van der Waals surface area contributed by atoms with E-state index in [0.717, 1.165) is 18.2 Å². The molecule has 1 N–H and O–H groups in total. The van der Waals surface area contributed by atoms with Gasteiger partial charge in [-0.2, -0.15) is 0 Å². The normalized spacial score (nSPS) is 10.2. The van der Waals surface area contributed by atoms with Crippen LogP contribution in [0.2, 0.25) is 0 Å². The van der Waals surface area contributed by atoms with E-state index in [-0.39, 0.29) is 17.9 Å². The van der Waals surface area contributed by atoms with Gasteiger partial charge in [0, 0.05) is 29.9 Å². The van der Waals surface area contributed by atoms with Gasteiger partial charge in [-0.3, -0.25) is 10.1 Å². The van der Waals surface area contributed by atoms with Crippen LogP contribution in [0.4, 0.5) is 20.2 Å². The Bertz CT molecular complexity index is 597. The fourth-order valence-corrected chi connectivity index (χ4v) is 1.69. The van der Waals surface area contributed by atoms with Crippen LogP contribution in [0.5, 0.6) is 0 Å². The molecular formula is C13H10F2N2O2. The first kappa shape index (κ1) is 12.9. The van der Waals surface area contributed by atoms with Gasteiger partial charge < -0.3 is 5.32 Å². The second-order valence-corrected chi connectivity index (χ2v) is 3.90.